The van der Waals surface area contributed by atoms with E-state index >= 15 is 0 Å². The second kappa shape index (κ2) is 8.44. The van der Waals surface area contributed by atoms with Crippen LogP contribution < -0.4 is 10.0 Å². The minimum absolute atomic E-state index is 0.243. The molecule has 1 rings (SSSR count). The Morgan fingerprint density at radius 2 is 2.04 bits per heavy atom. The molecule has 0 bridgehead atoms. The Labute approximate surface area is 133 Å². The van der Waals surface area contributed by atoms with Gasteiger partial charge in [-0.3, -0.25) is 14.9 Å². The second-order valence-electron chi connectivity index (χ2n) is 4.76. The van der Waals surface area contributed by atoms with Gasteiger partial charge in [0.25, 0.3) is 5.69 Å². The molecule has 9 nitrogen and oxygen atoms in total. The van der Waals surface area contributed by atoms with Gasteiger partial charge < -0.3 is 10.4 Å². The largest absolute Gasteiger partial charge is 0.481 e. The summed E-state index contributed by atoms with van der Waals surface area (Å²) >= 11 is 0. The first-order valence-electron chi connectivity index (χ1n) is 7.01. The van der Waals surface area contributed by atoms with E-state index in [1.807, 2.05) is 6.92 Å². The van der Waals surface area contributed by atoms with E-state index in [2.05, 4.69) is 10.0 Å². The summed E-state index contributed by atoms with van der Waals surface area (Å²) in [7, 11) is -4.00. The van der Waals surface area contributed by atoms with Crippen molar-refractivity contribution >= 4 is 27.4 Å². The van der Waals surface area contributed by atoms with Crippen molar-refractivity contribution in [1.29, 1.82) is 0 Å². The predicted molar refractivity (Wildman–Crippen MR) is 83.9 cm³/mol. The summed E-state index contributed by atoms with van der Waals surface area (Å²) in [5.41, 5.74) is -0.102. The highest BCUT2D eigenvalue weighted by atomic mass is 32.2. The van der Waals surface area contributed by atoms with Crippen molar-refractivity contribution in [2.45, 2.75) is 31.1 Å². The van der Waals surface area contributed by atoms with Crippen molar-refractivity contribution < 1.29 is 23.2 Å². The van der Waals surface area contributed by atoms with E-state index in [-0.39, 0.29) is 29.2 Å². The highest BCUT2D eigenvalue weighted by Crippen LogP contribution is 2.27. The Hall–Kier alpha value is -2.20. The molecule has 0 radical (unpaired) electrons. The van der Waals surface area contributed by atoms with Crippen LogP contribution in [0.1, 0.15) is 26.2 Å². The normalized spacial score (nSPS) is 11.2. The Morgan fingerprint density at radius 1 is 1.35 bits per heavy atom. The molecule has 0 aliphatic carbocycles. The van der Waals surface area contributed by atoms with Crippen LogP contribution in [0.25, 0.3) is 0 Å². The first-order valence-corrected chi connectivity index (χ1v) is 8.50. The number of carboxylic acids is 1. The molecule has 0 amide bonds. The fourth-order valence-electron chi connectivity index (χ4n) is 1.75. The summed E-state index contributed by atoms with van der Waals surface area (Å²) in [4.78, 5) is 20.6. The SMILES string of the molecule is CCCCNc1ccc(S(=O)(=O)NCCC(=O)O)cc1[N+](=O)[O-]. The van der Waals surface area contributed by atoms with Gasteiger partial charge in [-0.25, -0.2) is 13.1 Å². The average molecular weight is 345 g/mol. The molecule has 3 N–H and O–H groups in total. The summed E-state index contributed by atoms with van der Waals surface area (Å²) in [6, 6.07) is 3.53. The van der Waals surface area contributed by atoms with Crippen molar-refractivity contribution in [2.75, 3.05) is 18.4 Å². The van der Waals surface area contributed by atoms with E-state index < -0.39 is 20.9 Å². The molecule has 0 atom stereocenters. The summed E-state index contributed by atoms with van der Waals surface area (Å²) < 4.78 is 26.1. The average Bonchev–Trinajstić information content (AvgIpc) is 2.46. The smallest absolute Gasteiger partial charge is 0.304 e. The van der Waals surface area contributed by atoms with Crippen LogP contribution in [0.15, 0.2) is 23.1 Å². The maximum absolute atomic E-state index is 12.0. The number of anilines is 1. The number of hydrogen-bond acceptors (Lipinski definition) is 6. The number of nitro groups is 1. The molecule has 0 heterocycles. The molecule has 0 saturated carbocycles. The van der Waals surface area contributed by atoms with Gasteiger partial charge in [0.15, 0.2) is 0 Å². The molecule has 0 fully saturated rings. The van der Waals surface area contributed by atoms with E-state index in [1.54, 1.807) is 0 Å². The standard InChI is InChI=1S/C13H19N3O6S/c1-2-3-7-14-11-5-4-10(9-12(11)16(19)20)23(21,22)15-8-6-13(17)18/h4-5,9,14-15H,2-3,6-8H2,1H3,(H,17,18). The molecule has 1 aromatic rings. The lowest BCUT2D eigenvalue weighted by Crippen LogP contribution is -2.26. The maximum Gasteiger partial charge on any atom is 0.304 e. The molecule has 0 unspecified atom stereocenters. The first kappa shape index (κ1) is 18.8. The van der Waals surface area contributed by atoms with Crippen LogP contribution in [-0.4, -0.2) is 37.5 Å². The number of sulfonamides is 1. The quantitative estimate of drug-likeness (QED) is 0.332. The molecule has 128 valence electrons. The number of rotatable bonds is 10. The van der Waals surface area contributed by atoms with E-state index in [1.165, 1.54) is 12.1 Å². The van der Waals surface area contributed by atoms with Crippen LogP contribution in [0.4, 0.5) is 11.4 Å². The van der Waals surface area contributed by atoms with Crippen molar-refractivity contribution in [1.82, 2.24) is 4.72 Å². The molecular weight excluding hydrogens is 326 g/mol. The van der Waals surface area contributed by atoms with Gasteiger partial charge in [0, 0.05) is 19.2 Å². The van der Waals surface area contributed by atoms with Gasteiger partial charge in [-0.1, -0.05) is 13.3 Å². The monoisotopic (exact) mass is 345 g/mol. The van der Waals surface area contributed by atoms with E-state index in [0.717, 1.165) is 18.9 Å². The van der Waals surface area contributed by atoms with Gasteiger partial charge >= 0.3 is 5.97 Å². The first-order chi connectivity index (χ1) is 10.8. The molecule has 0 aliphatic heterocycles. The van der Waals surface area contributed by atoms with E-state index in [9.17, 15) is 23.3 Å². The zero-order valence-corrected chi connectivity index (χ0v) is 13.4. The Balaban J connectivity index is 2.97. The van der Waals surface area contributed by atoms with Crippen LogP contribution in [0, 0.1) is 10.1 Å². The van der Waals surface area contributed by atoms with E-state index in [0.29, 0.717) is 6.54 Å². The molecule has 0 aliphatic rings. The fraction of sp³-hybridized carbons (Fsp3) is 0.462. The highest BCUT2D eigenvalue weighted by molar-refractivity contribution is 7.89. The van der Waals surface area contributed by atoms with Crippen LogP contribution in [0.3, 0.4) is 0 Å². The highest BCUT2D eigenvalue weighted by Gasteiger charge is 2.21. The second-order valence-corrected chi connectivity index (χ2v) is 6.52. The van der Waals surface area contributed by atoms with Crippen LogP contribution in [0.5, 0.6) is 0 Å². The fourth-order valence-corrected chi connectivity index (χ4v) is 2.81. The summed E-state index contributed by atoms with van der Waals surface area (Å²) in [5, 5.41) is 22.5. The van der Waals surface area contributed by atoms with Crippen molar-refractivity contribution in [2.24, 2.45) is 0 Å². The third kappa shape index (κ3) is 5.83. The van der Waals surface area contributed by atoms with Gasteiger partial charge in [-0.05, 0) is 18.6 Å². The summed E-state index contributed by atoms with van der Waals surface area (Å²) in [6.45, 7) is 2.23. The number of aliphatic carboxylic acids is 1. The molecular formula is C13H19N3O6S. The Bertz CT molecular complexity index is 674. The minimum atomic E-state index is -4.00. The number of carbonyl (C=O) groups is 1. The molecule has 0 aromatic heterocycles. The Morgan fingerprint density at radius 3 is 2.61 bits per heavy atom. The summed E-state index contributed by atoms with van der Waals surface area (Å²) in [6.07, 6.45) is 1.37. The van der Waals surface area contributed by atoms with Crippen molar-refractivity contribution in [3.8, 4) is 0 Å². The van der Waals surface area contributed by atoms with Gasteiger partial charge in [0.2, 0.25) is 10.0 Å². The maximum atomic E-state index is 12.0. The number of benzene rings is 1. The number of nitro benzene ring substituents is 1. The molecule has 1 aromatic carbocycles. The number of hydrogen-bond donors (Lipinski definition) is 3. The zero-order valence-electron chi connectivity index (χ0n) is 12.6. The number of unbranched alkanes of at least 4 members (excludes halogenated alkanes) is 1. The van der Waals surface area contributed by atoms with Crippen molar-refractivity contribution in [3.63, 3.8) is 0 Å². The number of nitrogens with one attached hydrogen (secondary N) is 2. The van der Waals surface area contributed by atoms with E-state index in [4.69, 9.17) is 5.11 Å². The lowest BCUT2D eigenvalue weighted by molar-refractivity contribution is -0.384. The third-order valence-electron chi connectivity index (χ3n) is 2.95. The van der Waals surface area contributed by atoms with Gasteiger partial charge in [0.1, 0.15) is 5.69 Å². The minimum Gasteiger partial charge on any atom is -0.481 e. The van der Waals surface area contributed by atoms with Crippen LogP contribution in [0.2, 0.25) is 0 Å². The zero-order chi connectivity index (χ0) is 17.5. The molecule has 0 saturated heterocycles. The molecule has 0 spiro atoms. The Kier molecular flexibility index (Phi) is 6.91. The molecule has 10 heteroatoms. The van der Waals surface area contributed by atoms with Gasteiger partial charge in [-0.15, -0.1) is 0 Å². The van der Waals surface area contributed by atoms with Crippen LogP contribution in [-0.2, 0) is 14.8 Å². The number of carboxylic acid groups (broad SMARTS) is 1. The number of nitrogens with zero attached hydrogens (tertiary/aromatic N) is 1. The van der Waals surface area contributed by atoms with Crippen LogP contribution >= 0.6 is 0 Å². The summed E-state index contributed by atoms with van der Waals surface area (Å²) in [5.74, 6) is -1.14. The predicted octanol–water partition coefficient (Wildman–Crippen LogP) is 1.56. The topological polar surface area (TPSA) is 139 Å². The van der Waals surface area contributed by atoms with Gasteiger partial charge in [-0.2, -0.15) is 0 Å². The lowest BCUT2D eigenvalue weighted by Gasteiger charge is -2.09. The van der Waals surface area contributed by atoms with Gasteiger partial charge in [0.05, 0.1) is 16.2 Å². The van der Waals surface area contributed by atoms with Crippen molar-refractivity contribution in [3.05, 3.63) is 28.3 Å². The molecule has 23 heavy (non-hydrogen) atoms. The third-order valence-corrected chi connectivity index (χ3v) is 4.41. The lowest BCUT2D eigenvalue weighted by atomic mass is 10.2.